The summed E-state index contributed by atoms with van der Waals surface area (Å²) in [4.78, 5) is 11.8. The summed E-state index contributed by atoms with van der Waals surface area (Å²) in [6, 6.07) is -0.369. The fourth-order valence-electron chi connectivity index (χ4n) is 1.14. The molecular formula is C12H24F2N2O2. The highest BCUT2D eigenvalue weighted by Gasteiger charge is 2.21. The van der Waals surface area contributed by atoms with Gasteiger partial charge in [0.2, 0.25) is 5.91 Å². The van der Waals surface area contributed by atoms with Gasteiger partial charge in [-0.15, -0.1) is 0 Å². The molecule has 0 spiro atoms. The molecule has 0 aliphatic carbocycles. The van der Waals surface area contributed by atoms with Crippen LogP contribution in [-0.4, -0.2) is 43.7 Å². The van der Waals surface area contributed by atoms with Crippen molar-refractivity contribution in [2.24, 2.45) is 0 Å². The van der Waals surface area contributed by atoms with Crippen molar-refractivity contribution in [2.75, 3.05) is 19.8 Å². The predicted octanol–water partition coefficient (Wildman–Crippen LogP) is 1.55. The summed E-state index contributed by atoms with van der Waals surface area (Å²) in [6.45, 7) is 7.59. The summed E-state index contributed by atoms with van der Waals surface area (Å²) >= 11 is 0. The first-order valence-electron chi connectivity index (χ1n) is 6.20. The highest BCUT2D eigenvalue weighted by Crippen LogP contribution is 2.06. The van der Waals surface area contributed by atoms with Crippen molar-refractivity contribution in [3.8, 4) is 0 Å². The molecule has 1 atom stereocenters. The third kappa shape index (κ3) is 8.36. The maximum absolute atomic E-state index is 11.8. The Balaban J connectivity index is 3.75. The van der Waals surface area contributed by atoms with Crippen LogP contribution in [0, 0.1) is 0 Å². The average molecular weight is 266 g/mol. The molecule has 0 aromatic carbocycles. The maximum atomic E-state index is 11.8. The Morgan fingerprint density at radius 2 is 2.00 bits per heavy atom. The Morgan fingerprint density at radius 1 is 1.39 bits per heavy atom. The maximum Gasteiger partial charge on any atom is 0.261 e. The summed E-state index contributed by atoms with van der Waals surface area (Å²) in [5, 5.41) is 5.82. The van der Waals surface area contributed by atoms with E-state index < -0.39 is 13.0 Å². The monoisotopic (exact) mass is 266 g/mol. The van der Waals surface area contributed by atoms with Crippen molar-refractivity contribution in [3.05, 3.63) is 0 Å². The second-order valence-corrected chi connectivity index (χ2v) is 4.87. The van der Waals surface area contributed by atoms with Gasteiger partial charge in [0.05, 0.1) is 12.6 Å². The number of amides is 1. The van der Waals surface area contributed by atoms with Crippen LogP contribution in [0.4, 0.5) is 8.78 Å². The quantitative estimate of drug-likeness (QED) is 0.623. The first-order valence-corrected chi connectivity index (χ1v) is 6.20. The smallest absolute Gasteiger partial charge is 0.261 e. The molecule has 108 valence electrons. The minimum Gasteiger partial charge on any atom is -0.374 e. The van der Waals surface area contributed by atoms with Gasteiger partial charge in [-0.25, -0.2) is 8.78 Å². The molecule has 0 rings (SSSR count). The molecule has 0 aromatic heterocycles. The Bertz CT molecular complexity index is 248. The van der Waals surface area contributed by atoms with E-state index in [9.17, 15) is 13.6 Å². The van der Waals surface area contributed by atoms with E-state index in [0.717, 1.165) is 6.42 Å². The van der Waals surface area contributed by atoms with Crippen LogP contribution < -0.4 is 10.6 Å². The number of ether oxygens (including phenoxy) is 1. The standard InChI is InChI=1S/C12H24F2N2O2/c1-5-12(3,4)16-11(17)9(2)15-6-7-18-8-10(13)14/h9-10,15H,5-8H2,1-4H3,(H,16,17). The van der Waals surface area contributed by atoms with Crippen LogP contribution in [0.5, 0.6) is 0 Å². The lowest BCUT2D eigenvalue weighted by Gasteiger charge is -2.26. The normalized spacial score (nSPS) is 13.7. The van der Waals surface area contributed by atoms with Crippen molar-refractivity contribution in [1.29, 1.82) is 0 Å². The first-order chi connectivity index (χ1) is 8.28. The van der Waals surface area contributed by atoms with E-state index >= 15 is 0 Å². The van der Waals surface area contributed by atoms with Crippen LogP contribution >= 0.6 is 0 Å². The molecule has 0 saturated heterocycles. The van der Waals surface area contributed by atoms with Crippen molar-refractivity contribution >= 4 is 5.91 Å². The van der Waals surface area contributed by atoms with Gasteiger partial charge >= 0.3 is 0 Å². The summed E-state index contributed by atoms with van der Waals surface area (Å²) < 4.78 is 28.2. The number of nitrogens with one attached hydrogen (secondary N) is 2. The number of rotatable bonds is 9. The summed E-state index contributed by atoms with van der Waals surface area (Å²) in [5.74, 6) is -0.101. The second kappa shape index (κ2) is 8.37. The van der Waals surface area contributed by atoms with E-state index in [2.05, 4.69) is 10.6 Å². The second-order valence-electron chi connectivity index (χ2n) is 4.87. The van der Waals surface area contributed by atoms with E-state index in [-0.39, 0.29) is 24.1 Å². The molecule has 0 bridgehead atoms. The topological polar surface area (TPSA) is 50.4 Å². The van der Waals surface area contributed by atoms with Gasteiger partial charge in [0, 0.05) is 12.1 Å². The fourth-order valence-corrected chi connectivity index (χ4v) is 1.14. The van der Waals surface area contributed by atoms with Gasteiger partial charge in [-0.1, -0.05) is 6.92 Å². The van der Waals surface area contributed by atoms with Crippen molar-refractivity contribution < 1.29 is 18.3 Å². The van der Waals surface area contributed by atoms with Crippen LogP contribution in [0.3, 0.4) is 0 Å². The third-order valence-electron chi connectivity index (χ3n) is 2.68. The van der Waals surface area contributed by atoms with Gasteiger partial charge in [0.25, 0.3) is 6.43 Å². The number of halogens is 2. The first kappa shape index (κ1) is 17.2. The molecule has 0 aliphatic heterocycles. The van der Waals surface area contributed by atoms with E-state index in [0.29, 0.717) is 6.54 Å². The Hall–Kier alpha value is -0.750. The van der Waals surface area contributed by atoms with Gasteiger partial charge in [-0.05, 0) is 27.2 Å². The molecule has 0 fully saturated rings. The summed E-state index contributed by atoms with van der Waals surface area (Å²) in [7, 11) is 0. The molecule has 4 nitrogen and oxygen atoms in total. The highest BCUT2D eigenvalue weighted by molar-refractivity contribution is 5.81. The molecule has 0 heterocycles. The number of alkyl halides is 2. The Kier molecular flexibility index (Phi) is 8.02. The van der Waals surface area contributed by atoms with Gasteiger partial charge in [0.1, 0.15) is 6.61 Å². The number of hydrogen-bond donors (Lipinski definition) is 2. The van der Waals surface area contributed by atoms with Crippen molar-refractivity contribution in [2.45, 2.75) is 52.1 Å². The van der Waals surface area contributed by atoms with Gasteiger partial charge < -0.3 is 15.4 Å². The lowest BCUT2D eigenvalue weighted by atomic mass is 10.0. The molecule has 1 amide bonds. The molecule has 0 aliphatic rings. The molecule has 0 saturated carbocycles. The van der Waals surface area contributed by atoms with Crippen LogP contribution in [0.25, 0.3) is 0 Å². The molecule has 0 aromatic rings. The molecule has 1 unspecified atom stereocenters. The molecule has 18 heavy (non-hydrogen) atoms. The lowest BCUT2D eigenvalue weighted by Crippen LogP contribution is -2.51. The number of hydrogen-bond acceptors (Lipinski definition) is 3. The Morgan fingerprint density at radius 3 is 2.50 bits per heavy atom. The largest absolute Gasteiger partial charge is 0.374 e. The van der Waals surface area contributed by atoms with Gasteiger partial charge in [-0.3, -0.25) is 4.79 Å². The van der Waals surface area contributed by atoms with Crippen LogP contribution in [0.15, 0.2) is 0 Å². The summed E-state index contributed by atoms with van der Waals surface area (Å²) in [5.41, 5.74) is -0.237. The zero-order valence-electron chi connectivity index (χ0n) is 11.6. The molecule has 2 N–H and O–H groups in total. The zero-order valence-corrected chi connectivity index (χ0v) is 11.6. The van der Waals surface area contributed by atoms with E-state index in [1.807, 2.05) is 20.8 Å². The zero-order chi connectivity index (χ0) is 14.2. The van der Waals surface area contributed by atoms with Gasteiger partial charge in [-0.2, -0.15) is 0 Å². The fraction of sp³-hybridized carbons (Fsp3) is 0.917. The van der Waals surface area contributed by atoms with E-state index in [1.165, 1.54) is 0 Å². The molecule has 0 radical (unpaired) electrons. The van der Waals surface area contributed by atoms with Gasteiger partial charge in [0.15, 0.2) is 0 Å². The average Bonchev–Trinajstić information content (AvgIpc) is 2.27. The van der Waals surface area contributed by atoms with Crippen LogP contribution in [-0.2, 0) is 9.53 Å². The minimum atomic E-state index is -2.45. The highest BCUT2D eigenvalue weighted by atomic mass is 19.3. The lowest BCUT2D eigenvalue weighted by molar-refractivity contribution is -0.124. The third-order valence-corrected chi connectivity index (χ3v) is 2.68. The minimum absolute atomic E-state index is 0.101. The molecule has 6 heteroatoms. The predicted molar refractivity (Wildman–Crippen MR) is 66.8 cm³/mol. The van der Waals surface area contributed by atoms with E-state index in [1.54, 1.807) is 6.92 Å². The van der Waals surface area contributed by atoms with Crippen molar-refractivity contribution in [1.82, 2.24) is 10.6 Å². The number of carbonyl (C=O) groups excluding carboxylic acids is 1. The molecular weight excluding hydrogens is 242 g/mol. The van der Waals surface area contributed by atoms with Crippen molar-refractivity contribution in [3.63, 3.8) is 0 Å². The SMILES string of the molecule is CCC(C)(C)NC(=O)C(C)NCCOCC(F)F. The summed E-state index contributed by atoms with van der Waals surface area (Å²) in [6.07, 6.45) is -1.61. The Labute approximate surface area is 107 Å². The van der Waals surface area contributed by atoms with Crippen LogP contribution in [0.1, 0.15) is 34.1 Å². The van der Waals surface area contributed by atoms with Crippen LogP contribution in [0.2, 0.25) is 0 Å². The number of carbonyl (C=O) groups is 1. The van der Waals surface area contributed by atoms with E-state index in [4.69, 9.17) is 4.74 Å².